The molecule has 0 spiro atoms. The number of ether oxygens (including phenoxy) is 2. The third-order valence-corrected chi connectivity index (χ3v) is 5.44. The van der Waals surface area contributed by atoms with E-state index in [9.17, 15) is 0 Å². The van der Waals surface area contributed by atoms with Crippen LogP contribution in [0.2, 0.25) is 0 Å². The molecular formula is C24H23N5O2. The fraction of sp³-hybridized carbons (Fsp3) is 0.208. The molecule has 1 saturated heterocycles. The summed E-state index contributed by atoms with van der Waals surface area (Å²) in [6, 6.07) is 18.1. The summed E-state index contributed by atoms with van der Waals surface area (Å²) < 4.78 is 10.9. The maximum atomic E-state index is 5.46. The molecular weight excluding hydrogens is 390 g/mol. The third-order valence-electron chi connectivity index (χ3n) is 5.44. The first-order valence-electron chi connectivity index (χ1n) is 10.3. The van der Waals surface area contributed by atoms with E-state index in [1.165, 1.54) is 5.69 Å². The average molecular weight is 413 g/mol. The highest BCUT2D eigenvalue weighted by molar-refractivity contribution is 6.18. The van der Waals surface area contributed by atoms with Crippen molar-refractivity contribution in [2.75, 3.05) is 38.3 Å². The molecule has 2 aliphatic heterocycles. The molecule has 156 valence electrons. The van der Waals surface area contributed by atoms with Crippen LogP contribution < -0.4 is 15.1 Å². The number of benzene rings is 2. The number of aromatic nitrogens is 1. The summed E-state index contributed by atoms with van der Waals surface area (Å²) in [4.78, 5) is 11.3. The number of morpholine rings is 1. The molecule has 7 nitrogen and oxygen atoms in total. The normalized spacial score (nSPS) is 15.8. The van der Waals surface area contributed by atoms with Gasteiger partial charge in [-0.25, -0.2) is 4.99 Å². The second kappa shape index (κ2) is 8.57. The molecule has 0 aliphatic carbocycles. The van der Waals surface area contributed by atoms with Gasteiger partial charge in [0.25, 0.3) is 0 Å². The number of hydrogen-bond acceptors (Lipinski definition) is 7. The van der Waals surface area contributed by atoms with Crippen molar-refractivity contribution in [3.8, 4) is 5.75 Å². The number of amidine groups is 1. The predicted molar refractivity (Wildman–Crippen MR) is 122 cm³/mol. The Hall–Kier alpha value is -3.71. The standard InChI is InChI=1S/C24H23N5O2/c1-30-20-6-7-22-21(16-20)23(27-28-24(26-22)18-8-10-25-11-9-18)17-2-4-19(5-3-17)29-12-14-31-15-13-29/h2-11,16H,12-15H2,1H3,(H,26,28). The first-order valence-corrected chi connectivity index (χ1v) is 10.3. The lowest BCUT2D eigenvalue weighted by atomic mass is 10.00. The summed E-state index contributed by atoms with van der Waals surface area (Å²) in [6.45, 7) is 3.34. The topological polar surface area (TPSA) is 71.3 Å². The van der Waals surface area contributed by atoms with Gasteiger partial charge in [0.2, 0.25) is 0 Å². The summed E-state index contributed by atoms with van der Waals surface area (Å²) in [5.41, 5.74) is 8.82. The molecule has 1 fully saturated rings. The molecule has 0 bridgehead atoms. The lowest BCUT2D eigenvalue weighted by molar-refractivity contribution is 0.122. The predicted octanol–water partition coefficient (Wildman–Crippen LogP) is 3.36. The van der Waals surface area contributed by atoms with E-state index in [1.807, 2.05) is 30.3 Å². The largest absolute Gasteiger partial charge is 0.497 e. The van der Waals surface area contributed by atoms with Gasteiger partial charge < -0.3 is 14.4 Å². The monoisotopic (exact) mass is 413 g/mol. The van der Waals surface area contributed by atoms with Gasteiger partial charge in [0.05, 0.1) is 26.0 Å². The van der Waals surface area contributed by atoms with Crippen LogP contribution in [0.4, 0.5) is 11.4 Å². The highest BCUT2D eigenvalue weighted by Crippen LogP contribution is 2.30. The van der Waals surface area contributed by atoms with Crippen LogP contribution in [0.25, 0.3) is 0 Å². The van der Waals surface area contributed by atoms with Crippen molar-refractivity contribution in [3.63, 3.8) is 0 Å². The maximum absolute atomic E-state index is 5.46. The van der Waals surface area contributed by atoms with Crippen LogP contribution in [0.15, 0.2) is 77.1 Å². The number of pyridine rings is 1. The molecule has 2 aromatic carbocycles. The van der Waals surface area contributed by atoms with E-state index < -0.39 is 0 Å². The molecule has 0 atom stereocenters. The summed E-state index contributed by atoms with van der Waals surface area (Å²) >= 11 is 0. The van der Waals surface area contributed by atoms with E-state index in [2.05, 4.69) is 39.6 Å². The van der Waals surface area contributed by atoms with Gasteiger partial charge in [-0.05, 0) is 42.5 Å². The third kappa shape index (κ3) is 4.00. The quantitative estimate of drug-likeness (QED) is 0.710. The van der Waals surface area contributed by atoms with E-state index in [0.717, 1.165) is 60.1 Å². The number of nitrogens with zero attached hydrogens (tertiary/aromatic N) is 4. The van der Waals surface area contributed by atoms with Crippen molar-refractivity contribution in [3.05, 3.63) is 83.7 Å². The number of fused-ring (bicyclic) bond motifs is 1. The first kappa shape index (κ1) is 19.3. The summed E-state index contributed by atoms with van der Waals surface area (Å²) in [5, 5.41) is 4.74. The molecule has 31 heavy (non-hydrogen) atoms. The van der Waals surface area contributed by atoms with Crippen molar-refractivity contribution in [1.29, 1.82) is 0 Å². The van der Waals surface area contributed by atoms with Crippen molar-refractivity contribution < 1.29 is 9.47 Å². The Labute approximate surface area is 181 Å². The van der Waals surface area contributed by atoms with E-state index in [4.69, 9.17) is 19.6 Å². The van der Waals surface area contributed by atoms with Crippen LogP contribution in [-0.2, 0) is 4.74 Å². The van der Waals surface area contributed by atoms with E-state index in [0.29, 0.717) is 5.84 Å². The van der Waals surface area contributed by atoms with Crippen LogP contribution >= 0.6 is 0 Å². The molecule has 1 N–H and O–H groups in total. The smallest absolute Gasteiger partial charge is 0.154 e. The Morgan fingerprint density at radius 1 is 0.935 bits per heavy atom. The van der Waals surface area contributed by atoms with Crippen LogP contribution in [0.1, 0.15) is 16.7 Å². The molecule has 2 aliphatic rings. The zero-order chi connectivity index (χ0) is 21.0. The Bertz CT molecular complexity index is 1120. The van der Waals surface area contributed by atoms with Gasteiger partial charge in [-0.1, -0.05) is 12.1 Å². The van der Waals surface area contributed by atoms with Crippen LogP contribution in [-0.4, -0.2) is 49.9 Å². The molecule has 0 amide bonds. The molecule has 3 aromatic rings. The summed E-state index contributed by atoms with van der Waals surface area (Å²) in [7, 11) is 1.66. The minimum atomic E-state index is 0.675. The number of aliphatic imine (C=N–C) groups is 1. The van der Waals surface area contributed by atoms with E-state index in [-0.39, 0.29) is 0 Å². The molecule has 0 unspecified atom stereocenters. The number of nitrogens with one attached hydrogen (secondary N) is 1. The Morgan fingerprint density at radius 2 is 1.71 bits per heavy atom. The second-order valence-corrected chi connectivity index (χ2v) is 7.30. The summed E-state index contributed by atoms with van der Waals surface area (Å²) in [5.74, 6) is 1.44. The van der Waals surface area contributed by atoms with Gasteiger partial charge >= 0.3 is 0 Å². The molecule has 3 heterocycles. The van der Waals surface area contributed by atoms with E-state index in [1.54, 1.807) is 19.5 Å². The minimum Gasteiger partial charge on any atom is -0.497 e. The van der Waals surface area contributed by atoms with Gasteiger partial charge in [0, 0.05) is 47.9 Å². The first-order chi connectivity index (χ1) is 15.3. The number of hydrogen-bond donors (Lipinski definition) is 1. The number of rotatable bonds is 4. The fourth-order valence-corrected chi connectivity index (χ4v) is 3.75. The van der Waals surface area contributed by atoms with Gasteiger partial charge in [-0.15, -0.1) is 0 Å². The van der Waals surface area contributed by atoms with Crippen LogP contribution in [0.3, 0.4) is 0 Å². The Morgan fingerprint density at radius 3 is 2.45 bits per heavy atom. The van der Waals surface area contributed by atoms with Gasteiger partial charge in [-0.2, -0.15) is 5.10 Å². The lowest BCUT2D eigenvalue weighted by Crippen LogP contribution is -2.36. The van der Waals surface area contributed by atoms with Crippen molar-refractivity contribution in [2.24, 2.45) is 10.1 Å². The number of methoxy groups -OCH3 is 1. The molecule has 0 radical (unpaired) electrons. The van der Waals surface area contributed by atoms with Crippen LogP contribution in [0, 0.1) is 0 Å². The average Bonchev–Trinajstić information content (AvgIpc) is 3.04. The highest BCUT2D eigenvalue weighted by atomic mass is 16.5. The molecule has 7 heteroatoms. The van der Waals surface area contributed by atoms with E-state index >= 15 is 0 Å². The second-order valence-electron chi connectivity index (χ2n) is 7.30. The lowest BCUT2D eigenvalue weighted by Gasteiger charge is -2.29. The Kier molecular flexibility index (Phi) is 5.33. The summed E-state index contributed by atoms with van der Waals surface area (Å²) in [6.07, 6.45) is 3.49. The number of anilines is 1. The zero-order valence-electron chi connectivity index (χ0n) is 17.3. The van der Waals surface area contributed by atoms with Crippen LogP contribution in [0.5, 0.6) is 5.75 Å². The minimum absolute atomic E-state index is 0.675. The zero-order valence-corrected chi connectivity index (χ0v) is 17.3. The highest BCUT2D eigenvalue weighted by Gasteiger charge is 2.19. The Balaban J connectivity index is 1.54. The number of hydrazone groups is 1. The van der Waals surface area contributed by atoms with Crippen molar-refractivity contribution in [2.45, 2.75) is 0 Å². The van der Waals surface area contributed by atoms with Crippen molar-refractivity contribution >= 4 is 22.9 Å². The van der Waals surface area contributed by atoms with Gasteiger partial charge in [-0.3, -0.25) is 10.4 Å². The maximum Gasteiger partial charge on any atom is 0.154 e. The molecule has 1 aromatic heterocycles. The van der Waals surface area contributed by atoms with Gasteiger partial charge in [0.1, 0.15) is 11.5 Å². The molecule has 5 rings (SSSR count). The molecule has 0 saturated carbocycles. The fourth-order valence-electron chi connectivity index (χ4n) is 3.75. The van der Waals surface area contributed by atoms with Crippen molar-refractivity contribution in [1.82, 2.24) is 10.4 Å². The SMILES string of the molecule is COc1ccc2c(c1)C(c1ccc(N3CCOCC3)cc1)=NNC(c1ccncc1)=N2. The van der Waals surface area contributed by atoms with Gasteiger partial charge in [0.15, 0.2) is 5.84 Å².